The van der Waals surface area contributed by atoms with Crippen LogP contribution in [-0.2, 0) is 9.53 Å². The lowest BCUT2D eigenvalue weighted by Gasteiger charge is -2.29. The average Bonchev–Trinajstić information content (AvgIpc) is 2.92. The molecule has 8 nitrogen and oxygen atoms in total. The van der Waals surface area contributed by atoms with E-state index in [1.165, 1.54) is 0 Å². The van der Waals surface area contributed by atoms with E-state index in [4.69, 9.17) is 4.74 Å². The summed E-state index contributed by atoms with van der Waals surface area (Å²) < 4.78 is 4.97. The van der Waals surface area contributed by atoms with Gasteiger partial charge >= 0.3 is 5.97 Å². The highest BCUT2D eigenvalue weighted by molar-refractivity contribution is 5.90. The van der Waals surface area contributed by atoms with Crippen molar-refractivity contribution < 1.29 is 14.3 Å². The normalized spacial score (nSPS) is 16.6. The van der Waals surface area contributed by atoms with Gasteiger partial charge in [0, 0.05) is 13.1 Å². The summed E-state index contributed by atoms with van der Waals surface area (Å²) in [6.07, 6.45) is 1.23. The largest absolute Gasteiger partial charge is 0.466 e. The number of rotatable bonds is 3. The Labute approximate surface area is 104 Å². The molecule has 1 fully saturated rings. The van der Waals surface area contributed by atoms with Crippen molar-refractivity contribution in [1.82, 2.24) is 25.5 Å². The van der Waals surface area contributed by atoms with Crippen molar-refractivity contribution in [2.45, 2.75) is 19.8 Å². The van der Waals surface area contributed by atoms with Gasteiger partial charge in [0.25, 0.3) is 11.7 Å². The van der Waals surface area contributed by atoms with Crippen LogP contribution in [0, 0.1) is 5.92 Å². The summed E-state index contributed by atoms with van der Waals surface area (Å²) in [5, 5.41) is 12.9. The van der Waals surface area contributed by atoms with Crippen LogP contribution in [0.4, 0.5) is 0 Å². The minimum atomic E-state index is -0.258. The first-order valence-corrected chi connectivity index (χ1v) is 5.91. The molecule has 8 heteroatoms. The zero-order valence-electron chi connectivity index (χ0n) is 10.1. The van der Waals surface area contributed by atoms with Gasteiger partial charge in [-0.2, -0.15) is 5.21 Å². The van der Waals surface area contributed by atoms with Gasteiger partial charge in [0.1, 0.15) is 0 Å². The topological polar surface area (TPSA) is 101 Å². The van der Waals surface area contributed by atoms with Crippen LogP contribution in [-0.4, -0.2) is 57.1 Å². The van der Waals surface area contributed by atoms with E-state index in [1.807, 2.05) is 0 Å². The van der Waals surface area contributed by atoms with Crippen LogP contribution in [0.2, 0.25) is 0 Å². The molecule has 1 aliphatic rings. The Morgan fingerprint density at radius 2 is 2.17 bits per heavy atom. The van der Waals surface area contributed by atoms with E-state index in [1.54, 1.807) is 11.8 Å². The van der Waals surface area contributed by atoms with Crippen LogP contribution in [0.5, 0.6) is 0 Å². The van der Waals surface area contributed by atoms with Crippen LogP contribution >= 0.6 is 0 Å². The van der Waals surface area contributed by atoms with Gasteiger partial charge in [0.05, 0.1) is 12.5 Å². The average molecular weight is 253 g/mol. The van der Waals surface area contributed by atoms with E-state index < -0.39 is 0 Å². The molecule has 2 heterocycles. The first kappa shape index (κ1) is 12.5. The van der Waals surface area contributed by atoms with Crippen molar-refractivity contribution in [3.8, 4) is 0 Å². The van der Waals surface area contributed by atoms with Gasteiger partial charge in [0.15, 0.2) is 0 Å². The second-order valence-corrected chi connectivity index (χ2v) is 4.05. The van der Waals surface area contributed by atoms with Crippen molar-refractivity contribution in [2.75, 3.05) is 19.7 Å². The number of likely N-dealkylation sites (tertiary alicyclic amines) is 1. The maximum Gasteiger partial charge on any atom is 0.309 e. The van der Waals surface area contributed by atoms with Crippen LogP contribution in [0.3, 0.4) is 0 Å². The number of carbonyl (C=O) groups is 2. The summed E-state index contributed by atoms with van der Waals surface area (Å²) in [6.45, 7) is 3.20. The maximum atomic E-state index is 11.9. The molecule has 1 aliphatic heterocycles. The van der Waals surface area contributed by atoms with E-state index in [0.29, 0.717) is 32.5 Å². The third kappa shape index (κ3) is 2.63. The molecule has 0 unspecified atom stereocenters. The molecule has 2 rings (SSSR count). The Hall–Kier alpha value is -1.99. The third-order valence-corrected chi connectivity index (χ3v) is 2.94. The number of nitrogens with one attached hydrogen (secondary N) is 1. The maximum absolute atomic E-state index is 11.9. The van der Waals surface area contributed by atoms with Gasteiger partial charge in [-0.15, -0.1) is 10.2 Å². The van der Waals surface area contributed by atoms with Crippen LogP contribution < -0.4 is 0 Å². The van der Waals surface area contributed by atoms with E-state index in [0.717, 1.165) is 0 Å². The molecule has 0 spiro atoms. The van der Waals surface area contributed by atoms with Crippen molar-refractivity contribution >= 4 is 11.9 Å². The van der Waals surface area contributed by atoms with Gasteiger partial charge in [-0.05, 0) is 25.0 Å². The Morgan fingerprint density at radius 3 is 2.72 bits per heavy atom. The van der Waals surface area contributed by atoms with Gasteiger partial charge in [0.2, 0.25) is 0 Å². The summed E-state index contributed by atoms with van der Waals surface area (Å²) in [5.74, 6) is -0.487. The summed E-state index contributed by atoms with van der Waals surface area (Å²) in [4.78, 5) is 25.1. The van der Waals surface area contributed by atoms with Crippen molar-refractivity contribution in [1.29, 1.82) is 0 Å². The number of nitrogens with zero attached hydrogens (tertiary/aromatic N) is 4. The molecule has 0 bridgehead atoms. The molecule has 0 radical (unpaired) electrons. The number of aromatic nitrogens is 4. The summed E-state index contributed by atoms with van der Waals surface area (Å²) in [7, 11) is 0. The van der Waals surface area contributed by atoms with E-state index >= 15 is 0 Å². The molecular formula is C10H15N5O3. The number of H-pyrrole nitrogens is 1. The standard InChI is InChI=1S/C10H15N5O3/c1-2-18-10(17)7-3-5-15(6-4-7)9(16)8-11-13-14-12-8/h7H,2-6H2,1H3,(H,11,12,13,14). The Kier molecular flexibility index (Phi) is 3.85. The van der Waals surface area contributed by atoms with Gasteiger partial charge < -0.3 is 9.64 Å². The molecule has 0 aliphatic carbocycles. The molecule has 1 amide bonds. The van der Waals surface area contributed by atoms with E-state index in [-0.39, 0.29) is 23.6 Å². The van der Waals surface area contributed by atoms with Crippen molar-refractivity contribution in [3.63, 3.8) is 0 Å². The predicted molar refractivity (Wildman–Crippen MR) is 59.4 cm³/mol. The number of esters is 1. The second kappa shape index (κ2) is 5.56. The van der Waals surface area contributed by atoms with Crippen LogP contribution in [0.1, 0.15) is 30.4 Å². The molecule has 1 aromatic rings. The minimum Gasteiger partial charge on any atom is -0.466 e. The molecule has 1 aromatic heterocycles. The molecule has 0 atom stereocenters. The SMILES string of the molecule is CCOC(=O)C1CCN(C(=O)c2nn[nH]n2)CC1. The van der Waals surface area contributed by atoms with Crippen LogP contribution in [0.25, 0.3) is 0 Å². The fraction of sp³-hybridized carbons (Fsp3) is 0.700. The smallest absolute Gasteiger partial charge is 0.309 e. The Balaban J connectivity index is 1.87. The Morgan fingerprint density at radius 1 is 1.44 bits per heavy atom. The summed E-state index contributed by atoms with van der Waals surface area (Å²) in [6, 6.07) is 0. The van der Waals surface area contributed by atoms with Crippen molar-refractivity contribution in [3.05, 3.63) is 5.82 Å². The van der Waals surface area contributed by atoms with Gasteiger partial charge in [-0.25, -0.2) is 0 Å². The summed E-state index contributed by atoms with van der Waals surface area (Å²) >= 11 is 0. The fourth-order valence-corrected chi connectivity index (χ4v) is 1.97. The quantitative estimate of drug-likeness (QED) is 0.736. The lowest BCUT2D eigenvalue weighted by atomic mass is 9.97. The molecule has 18 heavy (non-hydrogen) atoms. The number of hydrogen-bond acceptors (Lipinski definition) is 6. The molecular weight excluding hydrogens is 238 g/mol. The van der Waals surface area contributed by atoms with Gasteiger partial charge in [-0.1, -0.05) is 0 Å². The zero-order chi connectivity index (χ0) is 13.0. The van der Waals surface area contributed by atoms with E-state index in [2.05, 4.69) is 20.6 Å². The fourth-order valence-electron chi connectivity index (χ4n) is 1.97. The predicted octanol–water partition coefficient (Wildman–Crippen LogP) is -0.385. The molecule has 0 aromatic carbocycles. The van der Waals surface area contributed by atoms with Crippen molar-refractivity contribution in [2.24, 2.45) is 5.92 Å². The molecule has 1 N–H and O–H groups in total. The minimum absolute atomic E-state index is 0.0598. The lowest BCUT2D eigenvalue weighted by Crippen LogP contribution is -2.41. The number of piperidine rings is 1. The molecule has 0 saturated carbocycles. The number of aromatic amines is 1. The number of tetrazole rings is 1. The first-order valence-electron chi connectivity index (χ1n) is 5.91. The lowest BCUT2D eigenvalue weighted by molar-refractivity contribution is -0.149. The number of hydrogen-bond donors (Lipinski definition) is 1. The first-order chi connectivity index (χ1) is 8.72. The molecule has 1 saturated heterocycles. The highest BCUT2D eigenvalue weighted by Gasteiger charge is 2.29. The highest BCUT2D eigenvalue weighted by atomic mass is 16.5. The monoisotopic (exact) mass is 253 g/mol. The number of amides is 1. The number of ether oxygens (including phenoxy) is 1. The molecule has 98 valence electrons. The van der Waals surface area contributed by atoms with Crippen LogP contribution in [0.15, 0.2) is 0 Å². The summed E-state index contributed by atoms with van der Waals surface area (Å²) in [5.41, 5.74) is 0. The second-order valence-electron chi connectivity index (χ2n) is 4.05. The Bertz CT molecular complexity index is 411. The van der Waals surface area contributed by atoms with E-state index in [9.17, 15) is 9.59 Å². The van der Waals surface area contributed by atoms with Gasteiger partial charge in [-0.3, -0.25) is 9.59 Å². The number of carbonyl (C=O) groups excluding carboxylic acids is 2. The highest BCUT2D eigenvalue weighted by Crippen LogP contribution is 2.19. The zero-order valence-corrected chi connectivity index (χ0v) is 10.1. The third-order valence-electron chi connectivity index (χ3n) is 2.94.